The predicted molar refractivity (Wildman–Crippen MR) is 34.6 cm³/mol. The van der Waals surface area contributed by atoms with Gasteiger partial charge in [0.15, 0.2) is 0 Å². The number of ether oxygens (including phenoxy) is 1. The second kappa shape index (κ2) is 3.46. The summed E-state index contributed by atoms with van der Waals surface area (Å²) in [5, 5.41) is 0. The number of hydrogen-bond donors (Lipinski definition) is 0. The minimum Gasteiger partial charge on any atom is -0.380 e. The molecule has 10 heavy (non-hydrogen) atoms. The summed E-state index contributed by atoms with van der Waals surface area (Å²) in [7, 11) is 0. The smallest absolute Gasteiger partial charge is 0.141 e. The van der Waals surface area contributed by atoms with Gasteiger partial charge in [0.1, 0.15) is 12.1 Å². The Labute approximate surface area is 59.4 Å². The topological polar surface area (TPSA) is 43.4 Å². The van der Waals surface area contributed by atoms with Gasteiger partial charge in [-0.05, 0) is 0 Å². The first-order valence-electron chi connectivity index (χ1n) is 3.38. The number of rotatable bonds is 2. The van der Waals surface area contributed by atoms with Crippen molar-refractivity contribution in [3.8, 4) is 0 Å². The summed E-state index contributed by atoms with van der Waals surface area (Å²) in [5.41, 5.74) is 0. The Morgan fingerprint density at radius 1 is 1.70 bits per heavy atom. The first kappa shape index (κ1) is 7.41. The minimum atomic E-state index is -0.161. The van der Waals surface area contributed by atoms with E-state index in [0.717, 1.165) is 6.29 Å². The van der Waals surface area contributed by atoms with Crippen LogP contribution in [0, 0.1) is 5.92 Å². The van der Waals surface area contributed by atoms with E-state index in [1.54, 1.807) is 0 Å². The summed E-state index contributed by atoms with van der Waals surface area (Å²) in [6.07, 6.45) is 1.56. The second-order valence-electron chi connectivity index (χ2n) is 2.39. The molecule has 0 spiro atoms. The van der Waals surface area contributed by atoms with Crippen LogP contribution in [0.2, 0.25) is 0 Å². The third-order valence-electron chi connectivity index (χ3n) is 1.65. The van der Waals surface area contributed by atoms with Crippen LogP contribution in [0.5, 0.6) is 0 Å². The Hall–Kier alpha value is -0.700. The maximum absolute atomic E-state index is 10.9. The largest absolute Gasteiger partial charge is 0.380 e. The molecule has 1 unspecified atom stereocenters. The summed E-state index contributed by atoms with van der Waals surface area (Å²) in [6.45, 7) is 0.950. The number of carbonyl (C=O) groups excluding carboxylic acids is 2. The van der Waals surface area contributed by atoms with E-state index in [0.29, 0.717) is 26.1 Å². The number of ketones is 1. The van der Waals surface area contributed by atoms with E-state index in [-0.39, 0.29) is 11.7 Å². The van der Waals surface area contributed by atoms with Crippen LogP contribution < -0.4 is 0 Å². The molecule has 1 aliphatic rings. The van der Waals surface area contributed by atoms with Gasteiger partial charge in [-0.1, -0.05) is 0 Å². The third kappa shape index (κ3) is 1.64. The molecule has 0 aromatic heterocycles. The maximum atomic E-state index is 10.9. The van der Waals surface area contributed by atoms with E-state index >= 15 is 0 Å². The molecule has 1 saturated heterocycles. The van der Waals surface area contributed by atoms with E-state index in [1.807, 2.05) is 0 Å². The Morgan fingerprint density at radius 2 is 2.50 bits per heavy atom. The molecule has 56 valence electrons. The zero-order chi connectivity index (χ0) is 7.40. The molecule has 0 N–H and O–H groups in total. The van der Waals surface area contributed by atoms with Gasteiger partial charge in [0.2, 0.25) is 0 Å². The second-order valence-corrected chi connectivity index (χ2v) is 2.39. The van der Waals surface area contributed by atoms with Crippen molar-refractivity contribution in [2.24, 2.45) is 5.92 Å². The molecule has 3 nitrogen and oxygen atoms in total. The van der Waals surface area contributed by atoms with E-state index in [4.69, 9.17) is 4.74 Å². The van der Waals surface area contributed by atoms with Crippen molar-refractivity contribution in [2.45, 2.75) is 12.8 Å². The zero-order valence-electron chi connectivity index (χ0n) is 5.71. The van der Waals surface area contributed by atoms with Gasteiger partial charge >= 0.3 is 0 Å². The van der Waals surface area contributed by atoms with Gasteiger partial charge in [0, 0.05) is 18.8 Å². The highest BCUT2D eigenvalue weighted by atomic mass is 16.5. The normalized spacial score (nSPS) is 26.4. The summed E-state index contributed by atoms with van der Waals surface area (Å²) < 4.78 is 5.03. The number of hydrogen-bond acceptors (Lipinski definition) is 3. The first-order valence-corrected chi connectivity index (χ1v) is 3.38. The molecule has 3 heteroatoms. The lowest BCUT2D eigenvalue weighted by atomic mass is 9.98. The van der Waals surface area contributed by atoms with Gasteiger partial charge in [-0.2, -0.15) is 0 Å². The van der Waals surface area contributed by atoms with E-state index in [1.165, 1.54) is 0 Å². The maximum Gasteiger partial charge on any atom is 0.141 e. The Kier molecular flexibility index (Phi) is 2.57. The Morgan fingerprint density at radius 3 is 3.10 bits per heavy atom. The number of Topliss-reactive ketones (excluding diaryl/α,β-unsaturated/α-hetero) is 1. The predicted octanol–water partition coefficient (Wildman–Crippen LogP) is 0.181. The zero-order valence-corrected chi connectivity index (χ0v) is 5.71. The monoisotopic (exact) mass is 142 g/mol. The Bertz CT molecular complexity index is 142. The van der Waals surface area contributed by atoms with Crippen LogP contribution in [-0.2, 0) is 14.3 Å². The molecule has 1 aliphatic heterocycles. The molecule has 1 fully saturated rings. The molecule has 1 heterocycles. The quantitative estimate of drug-likeness (QED) is 0.516. The van der Waals surface area contributed by atoms with Crippen molar-refractivity contribution < 1.29 is 14.3 Å². The van der Waals surface area contributed by atoms with Gasteiger partial charge in [-0.15, -0.1) is 0 Å². The summed E-state index contributed by atoms with van der Waals surface area (Å²) in [5.74, 6) is 0.00426. The van der Waals surface area contributed by atoms with Crippen LogP contribution in [-0.4, -0.2) is 25.3 Å². The van der Waals surface area contributed by atoms with Gasteiger partial charge in [-0.25, -0.2) is 0 Å². The number of carbonyl (C=O) groups is 2. The Balaban J connectivity index is 2.39. The summed E-state index contributed by atoms with van der Waals surface area (Å²) in [4.78, 5) is 21.0. The summed E-state index contributed by atoms with van der Waals surface area (Å²) >= 11 is 0. The van der Waals surface area contributed by atoms with Crippen molar-refractivity contribution in [1.29, 1.82) is 0 Å². The van der Waals surface area contributed by atoms with Crippen molar-refractivity contribution in [2.75, 3.05) is 13.2 Å². The van der Waals surface area contributed by atoms with Crippen LogP contribution in [0.1, 0.15) is 12.8 Å². The fraction of sp³-hybridized carbons (Fsp3) is 0.714. The molecule has 0 aliphatic carbocycles. The van der Waals surface area contributed by atoms with Gasteiger partial charge in [0.25, 0.3) is 0 Å². The van der Waals surface area contributed by atoms with Gasteiger partial charge in [-0.3, -0.25) is 4.79 Å². The molecular weight excluding hydrogens is 132 g/mol. The molecule has 0 saturated carbocycles. The number of aldehydes is 1. The highest BCUT2D eigenvalue weighted by Gasteiger charge is 2.21. The molecule has 0 aromatic carbocycles. The lowest BCUT2D eigenvalue weighted by Gasteiger charge is -2.18. The molecule has 0 bridgehead atoms. The van der Waals surface area contributed by atoms with Crippen molar-refractivity contribution in [1.82, 2.24) is 0 Å². The summed E-state index contributed by atoms with van der Waals surface area (Å²) in [6, 6.07) is 0. The van der Waals surface area contributed by atoms with E-state index in [9.17, 15) is 9.59 Å². The SMILES string of the molecule is O=CCC1COCCC1=O. The lowest BCUT2D eigenvalue weighted by molar-refractivity contribution is -0.132. The molecule has 0 radical (unpaired) electrons. The first-order chi connectivity index (χ1) is 4.84. The van der Waals surface area contributed by atoms with Crippen LogP contribution in [0.4, 0.5) is 0 Å². The standard InChI is InChI=1S/C7H10O3/c8-3-1-6-5-10-4-2-7(6)9/h3,6H,1-2,4-5H2. The average Bonchev–Trinajstić information content (AvgIpc) is 1.94. The van der Waals surface area contributed by atoms with Crippen LogP contribution in [0.3, 0.4) is 0 Å². The highest BCUT2D eigenvalue weighted by Crippen LogP contribution is 2.11. The fourth-order valence-electron chi connectivity index (χ4n) is 1.01. The van der Waals surface area contributed by atoms with Crippen LogP contribution in [0.25, 0.3) is 0 Å². The molecular formula is C7H10O3. The van der Waals surface area contributed by atoms with Gasteiger partial charge in [0.05, 0.1) is 13.2 Å². The van der Waals surface area contributed by atoms with Crippen molar-refractivity contribution >= 4 is 12.1 Å². The lowest BCUT2D eigenvalue weighted by Crippen LogP contribution is -2.27. The molecule has 1 atom stereocenters. The van der Waals surface area contributed by atoms with Crippen molar-refractivity contribution in [3.05, 3.63) is 0 Å². The van der Waals surface area contributed by atoms with Gasteiger partial charge < -0.3 is 9.53 Å². The fourth-order valence-corrected chi connectivity index (χ4v) is 1.01. The molecule has 0 aromatic rings. The highest BCUT2D eigenvalue weighted by molar-refractivity contribution is 5.83. The van der Waals surface area contributed by atoms with E-state index in [2.05, 4.69) is 0 Å². The third-order valence-corrected chi connectivity index (χ3v) is 1.65. The molecule has 0 amide bonds. The van der Waals surface area contributed by atoms with E-state index < -0.39 is 0 Å². The van der Waals surface area contributed by atoms with Crippen LogP contribution >= 0.6 is 0 Å². The molecule has 1 rings (SSSR count). The minimum absolute atomic E-state index is 0.161. The van der Waals surface area contributed by atoms with Crippen molar-refractivity contribution in [3.63, 3.8) is 0 Å². The average molecular weight is 142 g/mol. The van der Waals surface area contributed by atoms with Crippen LogP contribution in [0.15, 0.2) is 0 Å².